The Hall–Kier alpha value is -1.51. The van der Waals surface area contributed by atoms with E-state index in [2.05, 4.69) is 20.2 Å². The van der Waals surface area contributed by atoms with Gasteiger partial charge in [-0.15, -0.1) is 10.2 Å². The Morgan fingerprint density at radius 2 is 2.36 bits per heavy atom. The summed E-state index contributed by atoms with van der Waals surface area (Å²) in [7, 11) is 0. The van der Waals surface area contributed by atoms with Crippen LogP contribution in [0.1, 0.15) is 17.5 Å². The number of hydrogen-bond donors (Lipinski definition) is 0. The molecule has 0 bridgehead atoms. The summed E-state index contributed by atoms with van der Waals surface area (Å²) in [5.74, 6) is 0. The maximum absolute atomic E-state index is 5.84. The summed E-state index contributed by atoms with van der Waals surface area (Å²) in [5, 5.41) is 14.2. The number of morpholine rings is 1. The summed E-state index contributed by atoms with van der Waals surface area (Å²) in [6, 6.07) is 0. The molecule has 1 aliphatic heterocycles. The smallest absolute Gasteiger partial charge is 0.294 e. The van der Waals surface area contributed by atoms with Crippen molar-refractivity contribution < 1.29 is 9.47 Å². The monoisotopic (exact) mass is 323 g/mol. The molecule has 0 aliphatic carbocycles. The average Bonchev–Trinajstić information content (AvgIpc) is 3.09. The SMILES string of the molecule is CCOc1nnc(CN2CCOC(Cn3cc(C)cn3)C2)s1. The van der Waals surface area contributed by atoms with Gasteiger partial charge >= 0.3 is 0 Å². The highest BCUT2D eigenvalue weighted by Crippen LogP contribution is 2.20. The van der Waals surface area contributed by atoms with Gasteiger partial charge in [-0.25, -0.2) is 0 Å². The van der Waals surface area contributed by atoms with Crippen LogP contribution in [-0.4, -0.2) is 57.3 Å². The van der Waals surface area contributed by atoms with Crippen molar-refractivity contribution in [2.75, 3.05) is 26.3 Å². The van der Waals surface area contributed by atoms with Crippen molar-refractivity contribution in [2.45, 2.75) is 33.0 Å². The molecule has 0 amide bonds. The van der Waals surface area contributed by atoms with Crippen molar-refractivity contribution >= 4 is 11.3 Å². The zero-order chi connectivity index (χ0) is 15.4. The minimum atomic E-state index is 0.160. The Balaban J connectivity index is 1.53. The summed E-state index contributed by atoms with van der Waals surface area (Å²) < 4.78 is 13.2. The molecule has 2 aromatic rings. The second-order valence-corrected chi connectivity index (χ2v) is 6.39. The molecule has 120 valence electrons. The zero-order valence-electron chi connectivity index (χ0n) is 12.9. The predicted molar refractivity (Wildman–Crippen MR) is 83.1 cm³/mol. The molecule has 1 aliphatic rings. The topological polar surface area (TPSA) is 65.3 Å². The van der Waals surface area contributed by atoms with Crippen LogP contribution in [0.5, 0.6) is 5.19 Å². The molecule has 7 nitrogen and oxygen atoms in total. The van der Waals surface area contributed by atoms with Gasteiger partial charge in [-0.3, -0.25) is 9.58 Å². The average molecular weight is 323 g/mol. The number of nitrogens with zero attached hydrogens (tertiary/aromatic N) is 5. The van der Waals surface area contributed by atoms with E-state index in [9.17, 15) is 0 Å². The predicted octanol–water partition coefficient (Wildman–Crippen LogP) is 1.34. The van der Waals surface area contributed by atoms with Crippen LogP contribution in [0.15, 0.2) is 12.4 Å². The van der Waals surface area contributed by atoms with Crippen molar-refractivity contribution in [1.29, 1.82) is 0 Å². The number of rotatable bonds is 6. The van der Waals surface area contributed by atoms with E-state index in [1.165, 1.54) is 16.9 Å². The molecule has 8 heteroatoms. The van der Waals surface area contributed by atoms with Crippen LogP contribution in [0.3, 0.4) is 0 Å². The van der Waals surface area contributed by atoms with Gasteiger partial charge in [-0.2, -0.15) is 5.10 Å². The first kappa shape index (κ1) is 15.4. The largest absolute Gasteiger partial charge is 0.469 e. The highest BCUT2D eigenvalue weighted by Gasteiger charge is 2.22. The molecule has 1 fully saturated rings. The Labute approximate surface area is 133 Å². The van der Waals surface area contributed by atoms with Crippen molar-refractivity contribution in [3.05, 3.63) is 23.0 Å². The van der Waals surface area contributed by atoms with Crippen LogP contribution in [-0.2, 0) is 17.8 Å². The Kier molecular flexibility index (Phi) is 5.01. The molecule has 0 N–H and O–H groups in total. The van der Waals surface area contributed by atoms with Crippen molar-refractivity contribution in [1.82, 2.24) is 24.9 Å². The van der Waals surface area contributed by atoms with E-state index < -0.39 is 0 Å². The minimum absolute atomic E-state index is 0.160. The number of aryl methyl sites for hydroxylation is 1. The number of ether oxygens (including phenoxy) is 2. The summed E-state index contributed by atoms with van der Waals surface area (Å²) in [6.45, 7) is 8.72. The molecule has 0 spiro atoms. The summed E-state index contributed by atoms with van der Waals surface area (Å²) in [5.41, 5.74) is 1.17. The first-order chi connectivity index (χ1) is 10.7. The third-order valence-electron chi connectivity index (χ3n) is 3.45. The lowest BCUT2D eigenvalue weighted by Crippen LogP contribution is -2.43. The van der Waals surface area contributed by atoms with Gasteiger partial charge in [0.2, 0.25) is 0 Å². The highest BCUT2D eigenvalue weighted by atomic mass is 32.1. The molecule has 1 saturated heterocycles. The van der Waals surface area contributed by atoms with Gasteiger partial charge in [-0.1, -0.05) is 11.3 Å². The van der Waals surface area contributed by atoms with Crippen LogP contribution >= 0.6 is 11.3 Å². The normalized spacial score (nSPS) is 19.5. The zero-order valence-corrected chi connectivity index (χ0v) is 13.8. The number of hydrogen-bond acceptors (Lipinski definition) is 7. The fraction of sp³-hybridized carbons (Fsp3) is 0.643. The van der Waals surface area contributed by atoms with Gasteiger partial charge in [0.1, 0.15) is 5.01 Å². The molecule has 1 unspecified atom stereocenters. The lowest BCUT2D eigenvalue weighted by molar-refractivity contribution is -0.0402. The van der Waals surface area contributed by atoms with Crippen molar-refractivity contribution in [3.63, 3.8) is 0 Å². The second-order valence-electron chi connectivity index (χ2n) is 5.36. The first-order valence-corrected chi connectivity index (χ1v) is 8.32. The van der Waals surface area contributed by atoms with E-state index in [1.807, 2.05) is 30.9 Å². The lowest BCUT2D eigenvalue weighted by Gasteiger charge is -2.32. The third-order valence-corrected chi connectivity index (χ3v) is 4.27. The van der Waals surface area contributed by atoms with Crippen molar-refractivity contribution in [3.8, 4) is 5.19 Å². The van der Waals surface area contributed by atoms with Gasteiger partial charge in [0.05, 0.1) is 38.6 Å². The molecular formula is C14H21N5O2S. The maximum Gasteiger partial charge on any atom is 0.294 e. The third kappa shape index (κ3) is 4.02. The Morgan fingerprint density at radius 3 is 3.14 bits per heavy atom. The molecule has 1 atom stereocenters. The van der Waals surface area contributed by atoms with Crippen LogP contribution in [0.25, 0.3) is 0 Å². The Bertz CT molecular complexity index is 600. The van der Waals surface area contributed by atoms with E-state index in [1.54, 1.807) is 0 Å². The maximum atomic E-state index is 5.84. The van der Waals surface area contributed by atoms with E-state index in [-0.39, 0.29) is 6.10 Å². The quantitative estimate of drug-likeness (QED) is 0.799. The molecule has 3 rings (SSSR count). The van der Waals surface area contributed by atoms with E-state index in [0.29, 0.717) is 11.8 Å². The van der Waals surface area contributed by atoms with Gasteiger partial charge < -0.3 is 9.47 Å². The highest BCUT2D eigenvalue weighted by molar-refractivity contribution is 7.13. The Morgan fingerprint density at radius 1 is 1.45 bits per heavy atom. The molecule has 0 aromatic carbocycles. The van der Waals surface area contributed by atoms with E-state index >= 15 is 0 Å². The second kappa shape index (κ2) is 7.17. The van der Waals surface area contributed by atoms with Gasteiger partial charge in [0.15, 0.2) is 0 Å². The van der Waals surface area contributed by atoms with E-state index in [4.69, 9.17) is 9.47 Å². The fourth-order valence-corrected chi connectivity index (χ4v) is 3.27. The fourth-order valence-electron chi connectivity index (χ4n) is 2.49. The van der Waals surface area contributed by atoms with Crippen LogP contribution in [0, 0.1) is 6.92 Å². The van der Waals surface area contributed by atoms with Crippen molar-refractivity contribution in [2.24, 2.45) is 0 Å². The molecule has 3 heterocycles. The lowest BCUT2D eigenvalue weighted by atomic mass is 10.2. The minimum Gasteiger partial charge on any atom is -0.469 e. The summed E-state index contributed by atoms with van der Waals surface area (Å²) >= 11 is 1.52. The molecule has 2 aromatic heterocycles. The van der Waals surface area contributed by atoms with Crippen LogP contribution < -0.4 is 4.74 Å². The van der Waals surface area contributed by atoms with Gasteiger partial charge in [-0.05, 0) is 19.4 Å². The van der Waals surface area contributed by atoms with Gasteiger partial charge in [0.25, 0.3) is 5.19 Å². The van der Waals surface area contributed by atoms with Crippen LogP contribution in [0.2, 0.25) is 0 Å². The number of aromatic nitrogens is 4. The summed E-state index contributed by atoms with van der Waals surface area (Å²) in [6.07, 6.45) is 4.07. The summed E-state index contributed by atoms with van der Waals surface area (Å²) in [4.78, 5) is 2.35. The van der Waals surface area contributed by atoms with E-state index in [0.717, 1.165) is 37.8 Å². The standard InChI is InChI=1S/C14H21N5O2S/c1-3-20-14-17-16-13(22-14)10-18-4-5-21-12(8-18)9-19-7-11(2)6-15-19/h6-7,12H,3-5,8-10H2,1-2H3. The molecule has 22 heavy (non-hydrogen) atoms. The molecule has 0 saturated carbocycles. The van der Waals surface area contributed by atoms with Crippen LogP contribution in [0.4, 0.5) is 0 Å². The first-order valence-electron chi connectivity index (χ1n) is 7.51. The molecule has 0 radical (unpaired) electrons. The molecular weight excluding hydrogens is 302 g/mol. The van der Waals surface area contributed by atoms with Gasteiger partial charge in [0, 0.05) is 19.3 Å².